The fraction of sp³-hybridized carbons (Fsp3) is 0.400. The van der Waals surface area contributed by atoms with Crippen molar-refractivity contribution >= 4 is 27.7 Å². The number of nitriles is 1. The molecule has 0 amide bonds. The number of unbranched alkanes of at least 4 members (excludes halogenated alkanes) is 2. The summed E-state index contributed by atoms with van der Waals surface area (Å²) in [6, 6.07) is 6.13. The molecule has 0 radical (unpaired) electrons. The van der Waals surface area contributed by atoms with Crippen LogP contribution in [0, 0.1) is 11.3 Å². The topological polar surface area (TPSA) is 36.7 Å². The van der Waals surface area contributed by atoms with E-state index >= 15 is 0 Å². The Balaban J connectivity index is 2.19. The van der Waals surface area contributed by atoms with Crippen LogP contribution in [0.1, 0.15) is 19.3 Å². The van der Waals surface area contributed by atoms with Gasteiger partial charge in [0.15, 0.2) is 0 Å². The van der Waals surface area contributed by atoms with Crippen LogP contribution in [0.2, 0.25) is 0 Å². The average Bonchev–Trinajstić information content (AvgIpc) is 2.21. The van der Waals surface area contributed by atoms with Crippen LogP contribution in [0.25, 0.3) is 0 Å². The molecule has 0 atom stereocenters. The Hall–Kier alpha value is -0.530. The number of halogens is 1. The van der Waals surface area contributed by atoms with E-state index in [1.807, 2.05) is 12.1 Å². The van der Waals surface area contributed by atoms with E-state index in [2.05, 4.69) is 27.0 Å². The zero-order chi connectivity index (χ0) is 10.2. The number of nitrogens with zero attached hydrogens (tertiary/aromatic N) is 2. The van der Waals surface area contributed by atoms with Gasteiger partial charge in [-0.15, -0.1) is 11.8 Å². The second-order valence-electron chi connectivity index (χ2n) is 2.78. The van der Waals surface area contributed by atoms with Gasteiger partial charge in [0.1, 0.15) is 0 Å². The number of thioether (sulfide) groups is 1. The third kappa shape index (κ3) is 4.64. The van der Waals surface area contributed by atoms with E-state index < -0.39 is 0 Å². The number of hydrogen-bond donors (Lipinski definition) is 0. The fourth-order valence-corrected chi connectivity index (χ4v) is 2.01. The van der Waals surface area contributed by atoms with Crippen molar-refractivity contribution in [2.45, 2.75) is 24.3 Å². The summed E-state index contributed by atoms with van der Waals surface area (Å²) in [7, 11) is 0. The van der Waals surface area contributed by atoms with Gasteiger partial charge < -0.3 is 0 Å². The van der Waals surface area contributed by atoms with Gasteiger partial charge in [0.2, 0.25) is 0 Å². The lowest BCUT2D eigenvalue weighted by atomic mass is 10.3. The molecule has 0 unspecified atom stereocenters. The summed E-state index contributed by atoms with van der Waals surface area (Å²) in [6.45, 7) is 0. The zero-order valence-corrected chi connectivity index (χ0v) is 10.1. The lowest BCUT2D eigenvalue weighted by Crippen LogP contribution is -1.83. The molecule has 0 spiro atoms. The van der Waals surface area contributed by atoms with Gasteiger partial charge in [0.25, 0.3) is 0 Å². The summed E-state index contributed by atoms with van der Waals surface area (Å²) in [4.78, 5) is 4.25. The van der Waals surface area contributed by atoms with E-state index in [1.165, 1.54) is 0 Å². The van der Waals surface area contributed by atoms with Crippen molar-refractivity contribution in [1.82, 2.24) is 4.98 Å². The standard InChI is InChI=1S/C10H11BrN2S/c11-9-4-5-10(13-8-9)14-7-3-1-2-6-12/h4-5,8H,1-3,7H2. The van der Waals surface area contributed by atoms with E-state index in [4.69, 9.17) is 5.26 Å². The van der Waals surface area contributed by atoms with Gasteiger partial charge in [0.05, 0.1) is 11.1 Å². The van der Waals surface area contributed by atoms with Crippen molar-refractivity contribution in [1.29, 1.82) is 5.26 Å². The molecule has 4 heteroatoms. The van der Waals surface area contributed by atoms with Gasteiger partial charge in [-0.25, -0.2) is 4.98 Å². The minimum atomic E-state index is 0.661. The molecule has 0 bridgehead atoms. The van der Waals surface area contributed by atoms with Crippen LogP contribution in [0.15, 0.2) is 27.8 Å². The number of pyridine rings is 1. The first-order valence-electron chi connectivity index (χ1n) is 4.44. The Labute approximate surface area is 96.9 Å². The molecule has 1 aromatic heterocycles. The highest BCUT2D eigenvalue weighted by molar-refractivity contribution is 9.10. The van der Waals surface area contributed by atoms with Crippen LogP contribution in [0.5, 0.6) is 0 Å². The van der Waals surface area contributed by atoms with Crippen LogP contribution in [-0.4, -0.2) is 10.7 Å². The average molecular weight is 271 g/mol. The molecule has 74 valence electrons. The quantitative estimate of drug-likeness (QED) is 0.606. The molecular weight excluding hydrogens is 260 g/mol. The molecule has 14 heavy (non-hydrogen) atoms. The van der Waals surface area contributed by atoms with Crippen LogP contribution in [0.3, 0.4) is 0 Å². The first-order valence-corrected chi connectivity index (χ1v) is 6.22. The molecule has 0 saturated carbocycles. The van der Waals surface area contributed by atoms with E-state index in [-0.39, 0.29) is 0 Å². The molecular formula is C10H11BrN2S. The Morgan fingerprint density at radius 2 is 2.29 bits per heavy atom. The van der Waals surface area contributed by atoms with Crippen LogP contribution >= 0.6 is 27.7 Å². The minimum Gasteiger partial charge on any atom is -0.249 e. The first-order chi connectivity index (χ1) is 6.83. The lowest BCUT2D eigenvalue weighted by Gasteiger charge is -1.99. The summed E-state index contributed by atoms with van der Waals surface area (Å²) < 4.78 is 1.01. The first kappa shape index (κ1) is 11.5. The highest BCUT2D eigenvalue weighted by Gasteiger charge is 1.95. The highest BCUT2D eigenvalue weighted by atomic mass is 79.9. The van der Waals surface area contributed by atoms with Crippen LogP contribution < -0.4 is 0 Å². The summed E-state index contributed by atoms with van der Waals surface area (Å²) in [5, 5.41) is 9.39. The molecule has 1 heterocycles. The van der Waals surface area contributed by atoms with E-state index in [0.29, 0.717) is 6.42 Å². The molecule has 0 aliphatic rings. The SMILES string of the molecule is N#CCCCCSc1ccc(Br)cn1. The molecule has 0 N–H and O–H groups in total. The Morgan fingerprint density at radius 3 is 2.93 bits per heavy atom. The van der Waals surface area contributed by atoms with Gasteiger partial charge in [0, 0.05) is 17.1 Å². The van der Waals surface area contributed by atoms with Crippen LogP contribution in [0.4, 0.5) is 0 Å². The van der Waals surface area contributed by atoms with E-state index in [1.54, 1.807) is 18.0 Å². The normalized spacial score (nSPS) is 9.71. The van der Waals surface area contributed by atoms with Crippen molar-refractivity contribution in [3.63, 3.8) is 0 Å². The van der Waals surface area contributed by atoms with Gasteiger partial charge in [-0.3, -0.25) is 0 Å². The number of aromatic nitrogens is 1. The number of hydrogen-bond acceptors (Lipinski definition) is 3. The second kappa shape index (κ2) is 6.86. The summed E-state index contributed by atoms with van der Waals surface area (Å²) in [5.41, 5.74) is 0. The summed E-state index contributed by atoms with van der Waals surface area (Å²) in [6.07, 6.45) is 4.53. The zero-order valence-electron chi connectivity index (χ0n) is 7.74. The lowest BCUT2D eigenvalue weighted by molar-refractivity contribution is 0.829. The third-order valence-electron chi connectivity index (χ3n) is 1.63. The van der Waals surface area contributed by atoms with Crippen molar-refractivity contribution in [3.8, 4) is 6.07 Å². The van der Waals surface area contributed by atoms with Gasteiger partial charge in [-0.2, -0.15) is 5.26 Å². The highest BCUT2D eigenvalue weighted by Crippen LogP contribution is 2.18. The Morgan fingerprint density at radius 1 is 1.43 bits per heavy atom. The molecule has 1 aromatic rings. The number of rotatable bonds is 5. The molecule has 0 aromatic carbocycles. The van der Waals surface area contributed by atoms with Crippen molar-refractivity contribution < 1.29 is 0 Å². The van der Waals surface area contributed by atoms with Crippen molar-refractivity contribution in [2.75, 3.05) is 5.75 Å². The maximum atomic E-state index is 8.34. The van der Waals surface area contributed by atoms with Gasteiger partial charge in [-0.05, 0) is 46.7 Å². The molecule has 1 rings (SSSR count). The van der Waals surface area contributed by atoms with Crippen LogP contribution in [-0.2, 0) is 0 Å². The molecule has 0 saturated heterocycles. The molecule has 0 aliphatic carbocycles. The predicted molar refractivity (Wildman–Crippen MR) is 62.1 cm³/mol. The largest absolute Gasteiger partial charge is 0.249 e. The smallest absolute Gasteiger partial charge is 0.0960 e. The third-order valence-corrected chi connectivity index (χ3v) is 3.13. The van der Waals surface area contributed by atoms with Gasteiger partial charge >= 0.3 is 0 Å². The predicted octanol–water partition coefficient (Wildman–Crippen LogP) is 3.63. The monoisotopic (exact) mass is 270 g/mol. The molecule has 0 fully saturated rings. The maximum absolute atomic E-state index is 8.34. The molecule has 2 nitrogen and oxygen atoms in total. The maximum Gasteiger partial charge on any atom is 0.0960 e. The van der Waals surface area contributed by atoms with Gasteiger partial charge in [-0.1, -0.05) is 0 Å². The Kier molecular flexibility index (Phi) is 5.65. The van der Waals surface area contributed by atoms with E-state index in [0.717, 1.165) is 28.1 Å². The second-order valence-corrected chi connectivity index (χ2v) is 4.81. The summed E-state index contributed by atoms with van der Waals surface area (Å²) >= 11 is 5.08. The van der Waals surface area contributed by atoms with Crippen molar-refractivity contribution in [3.05, 3.63) is 22.8 Å². The Bertz CT molecular complexity index is 305. The minimum absolute atomic E-state index is 0.661. The summed E-state index contributed by atoms with van der Waals surface area (Å²) in [5.74, 6) is 1.04. The fourth-order valence-electron chi connectivity index (χ4n) is 0.930. The molecule has 0 aliphatic heterocycles. The van der Waals surface area contributed by atoms with Crippen molar-refractivity contribution in [2.24, 2.45) is 0 Å². The van der Waals surface area contributed by atoms with E-state index in [9.17, 15) is 0 Å².